The second-order valence-corrected chi connectivity index (χ2v) is 9.68. The van der Waals surface area contributed by atoms with Crippen LogP contribution in [-0.4, -0.2) is 21.0 Å². The Hall–Kier alpha value is -1.56. The Kier molecular flexibility index (Phi) is 7.01. The van der Waals surface area contributed by atoms with E-state index in [0.29, 0.717) is 23.4 Å². The van der Waals surface area contributed by atoms with Crippen LogP contribution in [0.5, 0.6) is 0 Å². The van der Waals surface area contributed by atoms with E-state index in [9.17, 15) is 8.78 Å². The number of hydrogen-bond acceptors (Lipinski definition) is 3. The van der Waals surface area contributed by atoms with Crippen molar-refractivity contribution in [3.8, 4) is 0 Å². The minimum atomic E-state index is -2.31. The molecule has 0 spiro atoms. The Morgan fingerprint density at radius 2 is 1.63 bits per heavy atom. The van der Waals surface area contributed by atoms with Gasteiger partial charge >= 0.3 is 0 Å². The largest absolute Gasteiger partial charge is 0.322 e. The van der Waals surface area contributed by atoms with E-state index in [2.05, 4.69) is 5.10 Å². The maximum absolute atomic E-state index is 12.8. The summed E-state index contributed by atoms with van der Waals surface area (Å²) in [4.78, 5) is 4.83. The highest BCUT2D eigenvalue weighted by Gasteiger charge is 2.37. The van der Waals surface area contributed by atoms with E-state index in [4.69, 9.17) is 10.7 Å². The van der Waals surface area contributed by atoms with Crippen molar-refractivity contribution in [3.63, 3.8) is 0 Å². The molecule has 2 aromatic heterocycles. The Morgan fingerprint density at radius 3 is 2.20 bits per heavy atom. The summed E-state index contributed by atoms with van der Waals surface area (Å²) in [7, 11) is 0. The van der Waals surface area contributed by atoms with Crippen LogP contribution in [0, 0.1) is 17.8 Å². The molecule has 2 N–H and O–H groups in total. The third kappa shape index (κ3) is 4.84. The molecule has 2 heterocycles. The fourth-order valence-corrected chi connectivity index (χ4v) is 5.95. The van der Waals surface area contributed by atoms with Gasteiger partial charge in [-0.1, -0.05) is 71.1 Å². The Balaban J connectivity index is 1.59. The van der Waals surface area contributed by atoms with Gasteiger partial charge in [-0.25, -0.2) is 18.3 Å². The zero-order valence-electron chi connectivity index (χ0n) is 18.1. The van der Waals surface area contributed by atoms with Crippen LogP contribution in [0.3, 0.4) is 0 Å². The van der Waals surface area contributed by atoms with Crippen molar-refractivity contribution >= 4 is 5.65 Å². The standard InChI is InChI=1S/C24H36F2N4/c1-16(12-21(25)26)19-13-22-29-20(15-30(22)28-14-19)24(27)23(17-8-4-2-5-9-17)18-10-6-3-7-11-18/h13-18,21,23-24H,2-12,27H2,1H3/t16?,24-/m1/s1. The number of hydrogen-bond donors (Lipinski definition) is 1. The molecule has 2 aliphatic rings. The van der Waals surface area contributed by atoms with Crippen molar-refractivity contribution in [1.29, 1.82) is 0 Å². The highest BCUT2D eigenvalue weighted by atomic mass is 19.3. The predicted octanol–water partition coefficient (Wildman–Crippen LogP) is 6.26. The highest BCUT2D eigenvalue weighted by molar-refractivity contribution is 5.42. The Labute approximate surface area is 178 Å². The summed E-state index contributed by atoms with van der Waals surface area (Å²) < 4.78 is 27.3. The molecule has 6 heteroatoms. The van der Waals surface area contributed by atoms with Gasteiger partial charge in [-0.2, -0.15) is 5.10 Å². The SMILES string of the molecule is CC(CC(F)F)c1cnn2cc([C@@H](N)C(C3CCCCC3)C3CCCCC3)nc2c1. The first-order valence-corrected chi connectivity index (χ1v) is 11.9. The molecule has 4 rings (SSSR count). The first kappa shape index (κ1) is 21.7. The average molecular weight is 419 g/mol. The summed E-state index contributed by atoms with van der Waals surface area (Å²) in [5.74, 6) is 1.62. The van der Waals surface area contributed by atoms with Gasteiger partial charge in [0.15, 0.2) is 5.65 Å². The number of rotatable bonds is 7. The molecule has 0 amide bonds. The number of fused-ring (bicyclic) bond motifs is 1. The van der Waals surface area contributed by atoms with Gasteiger partial charge in [0, 0.05) is 6.42 Å². The predicted molar refractivity (Wildman–Crippen MR) is 116 cm³/mol. The first-order chi connectivity index (χ1) is 14.5. The lowest BCUT2D eigenvalue weighted by atomic mass is 9.66. The van der Waals surface area contributed by atoms with Gasteiger partial charge in [-0.3, -0.25) is 0 Å². The van der Waals surface area contributed by atoms with Gasteiger partial charge < -0.3 is 5.73 Å². The average Bonchev–Trinajstić information content (AvgIpc) is 3.18. The van der Waals surface area contributed by atoms with E-state index in [1.165, 1.54) is 64.2 Å². The number of nitrogens with two attached hydrogens (primary N) is 1. The molecule has 166 valence electrons. The van der Waals surface area contributed by atoms with E-state index < -0.39 is 6.43 Å². The molecule has 1 unspecified atom stereocenters. The highest BCUT2D eigenvalue weighted by Crippen LogP contribution is 2.44. The van der Waals surface area contributed by atoms with Crippen molar-refractivity contribution in [2.45, 2.75) is 95.9 Å². The molecule has 0 saturated heterocycles. The third-order valence-corrected chi connectivity index (χ3v) is 7.61. The van der Waals surface area contributed by atoms with Crippen molar-refractivity contribution in [2.75, 3.05) is 0 Å². The van der Waals surface area contributed by atoms with Gasteiger partial charge in [0.1, 0.15) is 0 Å². The second-order valence-electron chi connectivity index (χ2n) is 9.68. The van der Waals surface area contributed by atoms with Gasteiger partial charge in [0.2, 0.25) is 6.43 Å². The molecule has 2 fully saturated rings. The summed E-state index contributed by atoms with van der Waals surface area (Å²) >= 11 is 0. The quantitative estimate of drug-likeness (QED) is 0.577. The number of nitrogens with zero attached hydrogens (tertiary/aromatic N) is 3. The summed E-state index contributed by atoms with van der Waals surface area (Å²) in [5, 5.41) is 4.45. The molecule has 0 aliphatic heterocycles. The van der Waals surface area contributed by atoms with Crippen LogP contribution in [0.25, 0.3) is 5.65 Å². The Bertz CT molecular complexity index is 791. The molecule has 2 aromatic rings. The maximum Gasteiger partial charge on any atom is 0.239 e. The number of aromatic nitrogens is 3. The summed E-state index contributed by atoms with van der Waals surface area (Å²) in [6, 6.07) is 1.81. The van der Waals surface area contributed by atoms with Crippen LogP contribution in [-0.2, 0) is 0 Å². The molecule has 2 aliphatic carbocycles. The molecule has 0 bridgehead atoms. The van der Waals surface area contributed by atoms with E-state index in [-0.39, 0.29) is 18.4 Å². The molecule has 2 atom stereocenters. The van der Waals surface area contributed by atoms with E-state index >= 15 is 0 Å². The van der Waals surface area contributed by atoms with Crippen LogP contribution in [0.15, 0.2) is 18.5 Å². The minimum Gasteiger partial charge on any atom is -0.322 e. The molecule has 30 heavy (non-hydrogen) atoms. The molecule has 2 saturated carbocycles. The van der Waals surface area contributed by atoms with Gasteiger partial charge in [-0.15, -0.1) is 0 Å². The number of alkyl halides is 2. The third-order valence-electron chi connectivity index (χ3n) is 7.61. The lowest BCUT2D eigenvalue weighted by Gasteiger charge is -2.40. The lowest BCUT2D eigenvalue weighted by Crippen LogP contribution is -2.36. The summed E-state index contributed by atoms with van der Waals surface area (Å²) in [6.45, 7) is 1.82. The number of imidazole rings is 1. The molecule has 0 aromatic carbocycles. The lowest BCUT2D eigenvalue weighted by molar-refractivity contribution is 0.117. The van der Waals surface area contributed by atoms with Gasteiger partial charge in [0.05, 0.1) is 24.1 Å². The van der Waals surface area contributed by atoms with Gasteiger partial charge in [0.25, 0.3) is 0 Å². The summed E-state index contributed by atoms with van der Waals surface area (Å²) in [6.07, 6.45) is 14.3. The molecular formula is C24H36F2N4. The van der Waals surface area contributed by atoms with Crippen LogP contribution in [0.4, 0.5) is 8.78 Å². The smallest absolute Gasteiger partial charge is 0.239 e. The number of halogens is 2. The maximum atomic E-state index is 12.8. The van der Waals surface area contributed by atoms with Crippen molar-refractivity contribution < 1.29 is 8.78 Å². The van der Waals surface area contributed by atoms with Crippen molar-refractivity contribution in [3.05, 3.63) is 29.7 Å². The Morgan fingerprint density at radius 1 is 1.03 bits per heavy atom. The zero-order chi connectivity index (χ0) is 21.1. The normalized spacial score (nSPS) is 21.5. The van der Waals surface area contributed by atoms with Crippen molar-refractivity contribution in [2.24, 2.45) is 23.5 Å². The fourth-order valence-electron chi connectivity index (χ4n) is 5.95. The van der Waals surface area contributed by atoms with Crippen LogP contribution >= 0.6 is 0 Å². The van der Waals surface area contributed by atoms with Crippen LogP contribution in [0.1, 0.15) is 101 Å². The summed E-state index contributed by atoms with van der Waals surface area (Å²) in [5.41, 5.74) is 9.35. The van der Waals surface area contributed by atoms with Gasteiger partial charge in [-0.05, 0) is 35.3 Å². The first-order valence-electron chi connectivity index (χ1n) is 11.9. The zero-order valence-corrected chi connectivity index (χ0v) is 18.1. The van der Waals surface area contributed by atoms with Crippen LogP contribution in [0.2, 0.25) is 0 Å². The van der Waals surface area contributed by atoms with E-state index in [1.54, 1.807) is 10.7 Å². The topological polar surface area (TPSA) is 56.2 Å². The van der Waals surface area contributed by atoms with E-state index in [1.807, 2.05) is 19.2 Å². The van der Waals surface area contributed by atoms with E-state index in [0.717, 1.165) is 11.3 Å². The van der Waals surface area contributed by atoms with Crippen molar-refractivity contribution in [1.82, 2.24) is 14.6 Å². The molecular weight excluding hydrogens is 382 g/mol. The fraction of sp³-hybridized carbons (Fsp3) is 0.750. The second kappa shape index (κ2) is 9.71. The minimum absolute atomic E-state index is 0.0835. The molecule has 0 radical (unpaired) electrons. The monoisotopic (exact) mass is 418 g/mol. The molecule has 4 nitrogen and oxygen atoms in total. The van der Waals surface area contributed by atoms with Crippen LogP contribution < -0.4 is 5.73 Å².